The topological polar surface area (TPSA) is 43.4 Å². The van der Waals surface area contributed by atoms with E-state index in [9.17, 15) is 8.42 Å². The van der Waals surface area contributed by atoms with Gasteiger partial charge in [-0.15, -0.1) is 0 Å². The summed E-state index contributed by atoms with van der Waals surface area (Å²) in [4.78, 5) is 0.216. The number of rotatable bonds is 9. The zero-order valence-electron chi connectivity index (χ0n) is 16.8. The van der Waals surface area contributed by atoms with Crippen molar-refractivity contribution >= 4 is 16.9 Å². The zero-order chi connectivity index (χ0) is 20.2. The number of benzene rings is 2. The maximum atomic E-state index is 13.3. The van der Waals surface area contributed by atoms with Crippen molar-refractivity contribution in [3.8, 4) is 0 Å². The fraction of sp³-hybridized carbons (Fsp3) is 0.364. The number of hydrogen-bond donors (Lipinski definition) is 0. The van der Waals surface area contributed by atoms with Gasteiger partial charge in [-0.05, 0) is 0 Å². The predicted molar refractivity (Wildman–Crippen MR) is 117 cm³/mol. The van der Waals surface area contributed by atoms with Crippen LogP contribution in [-0.2, 0) is 14.1 Å². The van der Waals surface area contributed by atoms with E-state index in [2.05, 4.69) is 27.4 Å². The zero-order valence-corrected chi connectivity index (χ0v) is 18.5. The van der Waals surface area contributed by atoms with Crippen LogP contribution in [0.2, 0.25) is 0 Å². The molecule has 2 aromatic rings. The molecule has 0 heterocycles. The average Bonchev–Trinajstić information content (AvgIpc) is 2.69. The van der Waals surface area contributed by atoms with Gasteiger partial charge in [-0.2, -0.15) is 0 Å². The summed E-state index contributed by atoms with van der Waals surface area (Å²) >= 11 is 0. The molecular weight excluding hydrogens is 375 g/mol. The van der Waals surface area contributed by atoms with E-state index >= 15 is 0 Å². The Morgan fingerprint density at radius 1 is 0.963 bits per heavy atom. The van der Waals surface area contributed by atoms with E-state index in [1.165, 1.54) is 0 Å². The van der Waals surface area contributed by atoms with Gasteiger partial charge in [-0.25, -0.2) is 0 Å². The minimum atomic E-state index is -3.88. The Labute approximate surface area is 164 Å². The summed E-state index contributed by atoms with van der Waals surface area (Å²) in [6.45, 7) is 8.97. The van der Waals surface area contributed by atoms with Gasteiger partial charge < -0.3 is 0 Å². The summed E-state index contributed by atoms with van der Waals surface area (Å²) in [6.07, 6.45) is 3.91. The Bertz CT molecular complexity index is 859. The van der Waals surface area contributed by atoms with Crippen molar-refractivity contribution in [2.75, 3.05) is 18.5 Å². The van der Waals surface area contributed by atoms with Crippen LogP contribution in [0.15, 0.2) is 72.1 Å². The SMILES string of the molecule is C=CC(c1ccccc1)P(CC)(CC)(CC)OS(=O)(=O)c1ccc(C)cc1. The minimum absolute atomic E-state index is 0.127. The van der Waals surface area contributed by atoms with Crippen molar-refractivity contribution in [1.82, 2.24) is 0 Å². The molecule has 1 unspecified atom stereocenters. The Morgan fingerprint density at radius 2 is 1.48 bits per heavy atom. The molecule has 0 aliphatic rings. The van der Waals surface area contributed by atoms with Gasteiger partial charge in [0.25, 0.3) is 0 Å². The van der Waals surface area contributed by atoms with Gasteiger partial charge in [0.2, 0.25) is 0 Å². The van der Waals surface area contributed by atoms with Crippen molar-refractivity contribution < 1.29 is 12.4 Å². The second-order valence-corrected chi connectivity index (χ2v) is 14.9. The quantitative estimate of drug-likeness (QED) is 0.370. The number of allylic oxidation sites excluding steroid dienone is 1. The van der Waals surface area contributed by atoms with E-state index < -0.39 is 16.9 Å². The van der Waals surface area contributed by atoms with Gasteiger partial charge in [0.15, 0.2) is 0 Å². The molecule has 0 saturated carbocycles. The number of aryl methyl sites for hydroxylation is 1. The molecule has 0 amide bonds. The Balaban J connectivity index is 2.64. The van der Waals surface area contributed by atoms with Gasteiger partial charge in [0, 0.05) is 0 Å². The van der Waals surface area contributed by atoms with Crippen LogP contribution >= 0.6 is 6.83 Å². The van der Waals surface area contributed by atoms with E-state index in [1.807, 2.05) is 43.3 Å². The van der Waals surface area contributed by atoms with E-state index in [0.29, 0.717) is 18.5 Å². The number of hydrogen-bond acceptors (Lipinski definition) is 3. The van der Waals surface area contributed by atoms with Gasteiger partial charge >= 0.3 is 164 Å². The summed E-state index contributed by atoms with van der Waals surface area (Å²) in [6, 6.07) is 16.9. The molecule has 0 aromatic heterocycles. The summed E-state index contributed by atoms with van der Waals surface area (Å²) < 4.78 is 32.9. The van der Waals surface area contributed by atoms with E-state index in [-0.39, 0.29) is 10.6 Å². The van der Waals surface area contributed by atoms with Crippen LogP contribution < -0.4 is 0 Å². The van der Waals surface area contributed by atoms with Crippen LogP contribution in [0.25, 0.3) is 0 Å². The molecule has 0 N–H and O–H groups in total. The molecule has 0 saturated heterocycles. The predicted octanol–water partition coefficient (Wildman–Crippen LogP) is 6.16. The van der Waals surface area contributed by atoms with Crippen LogP contribution in [0.1, 0.15) is 37.6 Å². The first-order chi connectivity index (χ1) is 12.8. The Kier molecular flexibility index (Phi) is 6.68. The molecule has 2 aromatic carbocycles. The molecule has 0 radical (unpaired) electrons. The van der Waals surface area contributed by atoms with E-state index in [1.54, 1.807) is 24.3 Å². The van der Waals surface area contributed by atoms with Gasteiger partial charge in [0.1, 0.15) is 0 Å². The monoisotopic (exact) mass is 406 g/mol. The third-order valence-corrected chi connectivity index (χ3v) is 15.7. The molecule has 148 valence electrons. The van der Waals surface area contributed by atoms with Gasteiger partial charge in [-0.1, -0.05) is 0 Å². The first-order valence-corrected chi connectivity index (χ1v) is 13.7. The fourth-order valence-corrected chi connectivity index (χ4v) is 12.5. The van der Waals surface area contributed by atoms with Crippen LogP contribution in [0.4, 0.5) is 0 Å². The molecule has 0 aliphatic carbocycles. The van der Waals surface area contributed by atoms with Crippen LogP contribution in [0, 0.1) is 6.92 Å². The first-order valence-electron chi connectivity index (χ1n) is 9.48. The van der Waals surface area contributed by atoms with Crippen LogP contribution in [-0.4, -0.2) is 26.9 Å². The molecule has 1 atom stereocenters. The summed E-state index contributed by atoms with van der Waals surface area (Å²) in [5.74, 6) is 0. The maximum absolute atomic E-state index is 13.3. The fourth-order valence-electron chi connectivity index (χ4n) is 3.91. The summed E-state index contributed by atoms with van der Waals surface area (Å²) in [5, 5.41) is 0. The van der Waals surface area contributed by atoms with Crippen molar-refractivity contribution in [3.05, 3.63) is 78.4 Å². The van der Waals surface area contributed by atoms with E-state index in [4.69, 9.17) is 3.97 Å². The third-order valence-electron chi connectivity index (χ3n) is 5.95. The molecular formula is C22H31O3PS. The molecule has 3 nitrogen and oxygen atoms in total. The molecule has 0 aliphatic heterocycles. The average molecular weight is 407 g/mol. The van der Waals surface area contributed by atoms with Crippen molar-refractivity contribution in [2.45, 2.75) is 38.2 Å². The molecule has 0 fully saturated rings. The third kappa shape index (κ3) is 4.03. The van der Waals surface area contributed by atoms with Crippen molar-refractivity contribution in [3.63, 3.8) is 0 Å². The van der Waals surface area contributed by atoms with Crippen LogP contribution in [0.3, 0.4) is 0 Å². The Morgan fingerprint density at radius 3 is 1.93 bits per heavy atom. The standard InChI is InChI=1S/C22H31O3PS/c1-6-22(20-13-11-10-12-14-20)26(7-2,8-3,9-4)25-27(23,24)21-17-15-19(5)16-18-21/h6,10-18,22H,1,7-9H2,2-5H3. The summed E-state index contributed by atoms with van der Waals surface area (Å²) in [5.41, 5.74) is 1.95. The molecule has 2 rings (SSSR count). The molecule has 0 spiro atoms. The second kappa shape index (κ2) is 8.26. The molecule has 27 heavy (non-hydrogen) atoms. The molecule has 0 bridgehead atoms. The van der Waals surface area contributed by atoms with Gasteiger partial charge in [-0.3, -0.25) is 0 Å². The normalized spacial score (nSPS) is 14.9. The molecule has 5 heteroatoms. The first kappa shape index (κ1) is 21.8. The second-order valence-electron chi connectivity index (χ2n) is 7.09. The summed E-state index contributed by atoms with van der Waals surface area (Å²) in [7, 11) is -3.88. The van der Waals surface area contributed by atoms with Crippen molar-refractivity contribution in [1.29, 1.82) is 0 Å². The van der Waals surface area contributed by atoms with Crippen LogP contribution in [0.5, 0.6) is 0 Å². The van der Waals surface area contributed by atoms with E-state index in [0.717, 1.165) is 11.1 Å². The van der Waals surface area contributed by atoms with Crippen molar-refractivity contribution in [2.24, 2.45) is 0 Å². The van der Waals surface area contributed by atoms with Gasteiger partial charge in [0.05, 0.1) is 0 Å². The Hall–Kier alpha value is -1.48.